The van der Waals surface area contributed by atoms with Gasteiger partial charge in [-0.05, 0) is 49.1 Å². The lowest BCUT2D eigenvalue weighted by molar-refractivity contribution is -0.117. The summed E-state index contributed by atoms with van der Waals surface area (Å²) in [5, 5.41) is 4.44. The monoisotopic (exact) mass is 575 g/mol. The Balaban J connectivity index is 1.08. The molecule has 9 heteroatoms. The van der Waals surface area contributed by atoms with Crippen molar-refractivity contribution in [2.24, 2.45) is 0 Å². The normalized spacial score (nSPS) is 16.9. The number of nitrogens with zero attached hydrogens (tertiary/aromatic N) is 5. The maximum atomic E-state index is 13.0. The van der Waals surface area contributed by atoms with E-state index >= 15 is 0 Å². The Kier molecular flexibility index (Phi) is 8.66. The summed E-state index contributed by atoms with van der Waals surface area (Å²) in [6.45, 7) is 10.7. The van der Waals surface area contributed by atoms with Gasteiger partial charge in [-0.1, -0.05) is 42.7 Å². The molecule has 1 atom stereocenters. The number of morpholine rings is 1. The highest BCUT2D eigenvalue weighted by Gasteiger charge is 2.21. The number of pyridine rings is 1. The fraction of sp³-hybridized carbons (Fsp3) is 0.353. The molecule has 2 aliphatic rings. The van der Waals surface area contributed by atoms with Gasteiger partial charge in [-0.25, -0.2) is 9.97 Å². The molecule has 2 aliphatic heterocycles. The molecule has 9 nitrogen and oxygen atoms in total. The van der Waals surface area contributed by atoms with Crippen LogP contribution in [0.5, 0.6) is 0 Å². The molecule has 2 fully saturated rings. The maximum Gasteiger partial charge on any atom is 0.143 e. The minimum Gasteiger partial charge on any atom is -0.378 e. The topological polar surface area (TPSA) is 99.3 Å². The summed E-state index contributed by atoms with van der Waals surface area (Å²) in [5.41, 5.74) is 6.46. The van der Waals surface area contributed by atoms with Gasteiger partial charge in [-0.15, -0.1) is 0 Å². The molecule has 0 radical (unpaired) electrons. The van der Waals surface area contributed by atoms with Crippen LogP contribution < -0.4 is 15.1 Å². The SMILES string of the molecule is C=C(C#CC)NC1CCCN(c2ccnc(CC(=O)Cc3ccc(-c4cc5c(N6CCOCC6)ncnc5[nH]4)cc3)c2)C1. The number of H-pyrrole nitrogens is 1. The third-order valence-corrected chi connectivity index (χ3v) is 8.00. The van der Waals surface area contributed by atoms with Crippen LogP contribution in [-0.2, 0) is 22.4 Å². The second kappa shape index (κ2) is 13.1. The van der Waals surface area contributed by atoms with Gasteiger partial charge in [0.05, 0.1) is 24.3 Å². The zero-order valence-corrected chi connectivity index (χ0v) is 24.6. The van der Waals surface area contributed by atoms with Crippen LogP contribution in [-0.4, -0.2) is 71.2 Å². The summed E-state index contributed by atoms with van der Waals surface area (Å²) < 4.78 is 5.50. The first-order valence-electron chi connectivity index (χ1n) is 14.9. The average molecular weight is 576 g/mol. The number of benzene rings is 1. The minimum absolute atomic E-state index is 0.140. The minimum atomic E-state index is 0.140. The zero-order valence-electron chi connectivity index (χ0n) is 24.6. The summed E-state index contributed by atoms with van der Waals surface area (Å²) >= 11 is 0. The predicted octanol–water partition coefficient (Wildman–Crippen LogP) is 4.31. The Morgan fingerprint density at radius 1 is 1.07 bits per heavy atom. The van der Waals surface area contributed by atoms with E-state index in [4.69, 9.17) is 4.74 Å². The molecule has 0 aliphatic carbocycles. The van der Waals surface area contributed by atoms with E-state index in [-0.39, 0.29) is 5.78 Å². The number of ketones is 1. The number of Topliss-reactive ketones (excluding diaryl/α,β-unsaturated/α-hetero) is 1. The van der Waals surface area contributed by atoms with Crippen molar-refractivity contribution in [3.63, 3.8) is 0 Å². The Bertz CT molecular complexity index is 1660. The van der Waals surface area contributed by atoms with Crippen molar-refractivity contribution >= 4 is 28.3 Å². The van der Waals surface area contributed by atoms with Gasteiger partial charge in [0.25, 0.3) is 0 Å². The number of carbonyl (C=O) groups is 1. The lowest BCUT2D eigenvalue weighted by Gasteiger charge is -2.35. The first-order valence-corrected chi connectivity index (χ1v) is 14.9. The molecule has 1 aromatic carbocycles. The fourth-order valence-corrected chi connectivity index (χ4v) is 5.93. The number of piperidine rings is 1. The lowest BCUT2D eigenvalue weighted by Crippen LogP contribution is -2.45. The number of hydrogen-bond acceptors (Lipinski definition) is 8. The number of hydrogen-bond donors (Lipinski definition) is 2. The smallest absolute Gasteiger partial charge is 0.143 e. The first kappa shape index (κ1) is 28.4. The van der Waals surface area contributed by atoms with E-state index < -0.39 is 0 Å². The fourth-order valence-electron chi connectivity index (χ4n) is 5.93. The van der Waals surface area contributed by atoms with Crippen molar-refractivity contribution in [1.29, 1.82) is 0 Å². The number of fused-ring (bicyclic) bond motifs is 1. The molecule has 1 unspecified atom stereocenters. The van der Waals surface area contributed by atoms with Gasteiger partial charge in [-0.3, -0.25) is 9.78 Å². The summed E-state index contributed by atoms with van der Waals surface area (Å²) in [5.74, 6) is 6.96. The van der Waals surface area contributed by atoms with Gasteiger partial charge in [-0.2, -0.15) is 0 Å². The van der Waals surface area contributed by atoms with Crippen LogP contribution in [0.4, 0.5) is 11.5 Å². The van der Waals surface area contributed by atoms with E-state index in [0.29, 0.717) is 32.1 Å². The van der Waals surface area contributed by atoms with Gasteiger partial charge in [0.2, 0.25) is 0 Å². The van der Waals surface area contributed by atoms with Crippen LogP contribution in [0.15, 0.2) is 67.3 Å². The van der Waals surface area contributed by atoms with Gasteiger partial charge in [0.1, 0.15) is 23.6 Å². The molecule has 0 bridgehead atoms. The predicted molar refractivity (Wildman–Crippen MR) is 170 cm³/mol. The molecule has 43 heavy (non-hydrogen) atoms. The van der Waals surface area contributed by atoms with E-state index in [2.05, 4.69) is 71.7 Å². The highest BCUT2D eigenvalue weighted by Crippen LogP contribution is 2.29. The van der Waals surface area contributed by atoms with Crippen LogP contribution >= 0.6 is 0 Å². The van der Waals surface area contributed by atoms with Crippen LogP contribution in [0.25, 0.3) is 22.3 Å². The number of nitrogens with one attached hydrogen (secondary N) is 2. The molecule has 0 spiro atoms. The van der Waals surface area contributed by atoms with Gasteiger partial charge in [0, 0.05) is 68.3 Å². The third kappa shape index (κ3) is 6.87. The van der Waals surface area contributed by atoms with Crippen molar-refractivity contribution in [3.05, 3.63) is 78.5 Å². The van der Waals surface area contributed by atoms with E-state index in [0.717, 1.165) is 89.8 Å². The first-order chi connectivity index (χ1) is 21.1. The maximum absolute atomic E-state index is 13.0. The largest absolute Gasteiger partial charge is 0.378 e. The van der Waals surface area contributed by atoms with Crippen LogP contribution in [0.2, 0.25) is 0 Å². The lowest BCUT2D eigenvalue weighted by atomic mass is 10.0. The van der Waals surface area contributed by atoms with Crippen molar-refractivity contribution in [1.82, 2.24) is 25.3 Å². The number of carbonyl (C=O) groups excluding carboxylic acids is 1. The Labute approximate surface area is 252 Å². The summed E-state index contributed by atoms with van der Waals surface area (Å²) in [6.07, 6.45) is 6.24. The Morgan fingerprint density at radius 2 is 1.91 bits per heavy atom. The zero-order chi connectivity index (χ0) is 29.6. The summed E-state index contributed by atoms with van der Waals surface area (Å²) in [4.78, 5) is 34.6. The molecular weight excluding hydrogens is 538 g/mol. The molecule has 3 aromatic heterocycles. The van der Waals surface area contributed by atoms with Crippen LogP contribution in [0.1, 0.15) is 31.0 Å². The molecule has 2 N–H and O–H groups in total. The number of aromatic nitrogens is 4. The van der Waals surface area contributed by atoms with E-state index in [1.54, 1.807) is 12.5 Å². The molecular formula is C34H37N7O2. The standard InChI is InChI=1S/C34H37N7O2/c1-3-5-24(2)38-27-6-4-13-41(22-27)29-11-12-35-28(19-29)20-30(42)18-25-7-9-26(10-8-25)32-21-31-33(39-32)36-23-37-34(31)40-14-16-43-17-15-40/h7-12,19,21,23,27,38H,2,4,6,13-18,20,22H2,1H3,(H,36,37,39). The quantitative estimate of drug-likeness (QED) is 0.285. The molecule has 5 heterocycles. The molecule has 220 valence electrons. The van der Waals surface area contributed by atoms with Crippen molar-refractivity contribution in [2.45, 2.75) is 38.6 Å². The second-order valence-electron chi connectivity index (χ2n) is 11.1. The van der Waals surface area contributed by atoms with Gasteiger partial charge in [0.15, 0.2) is 0 Å². The second-order valence-corrected chi connectivity index (χ2v) is 11.1. The number of allylic oxidation sites excluding steroid dienone is 1. The number of rotatable bonds is 9. The number of aromatic amines is 1. The Hall–Kier alpha value is -4.68. The molecule has 2 saturated heterocycles. The van der Waals surface area contributed by atoms with E-state index in [9.17, 15) is 4.79 Å². The van der Waals surface area contributed by atoms with Gasteiger partial charge >= 0.3 is 0 Å². The molecule has 0 saturated carbocycles. The van der Waals surface area contributed by atoms with Crippen LogP contribution in [0, 0.1) is 11.8 Å². The molecule has 4 aromatic rings. The summed E-state index contributed by atoms with van der Waals surface area (Å²) in [6, 6.07) is 14.6. The third-order valence-electron chi connectivity index (χ3n) is 8.00. The van der Waals surface area contributed by atoms with Crippen LogP contribution in [0.3, 0.4) is 0 Å². The van der Waals surface area contributed by atoms with E-state index in [1.165, 1.54) is 0 Å². The highest BCUT2D eigenvalue weighted by atomic mass is 16.5. The summed E-state index contributed by atoms with van der Waals surface area (Å²) in [7, 11) is 0. The molecule has 0 amide bonds. The van der Waals surface area contributed by atoms with E-state index in [1.807, 2.05) is 31.2 Å². The average Bonchev–Trinajstić information content (AvgIpc) is 3.47. The van der Waals surface area contributed by atoms with Gasteiger partial charge < -0.3 is 24.8 Å². The number of anilines is 2. The number of ether oxygens (including phenoxy) is 1. The van der Waals surface area contributed by atoms with Crippen molar-refractivity contribution in [2.75, 3.05) is 49.2 Å². The molecule has 6 rings (SSSR count). The Morgan fingerprint density at radius 3 is 2.72 bits per heavy atom. The van der Waals surface area contributed by atoms with Crippen molar-refractivity contribution in [3.8, 4) is 23.1 Å². The van der Waals surface area contributed by atoms with Crippen molar-refractivity contribution < 1.29 is 9.53 Å². The highest BCUT2D eigenvalue weighted by molar-refractivity contribution is 5.92.